The molecule has 0 amide bonds. The van der Waals surface area contributed by atoms with Gasteiger partial charge in [-0.25, -0.2) is 0 Å². The van der Waals surface area contributed by atoms with Crippen LogP contribution in [0.1, 0.15) is 0 Å². The monoisotopic (exact) mass is 152 g/mol. The fourth-order valence-electron chi connectivity index (χ4n) is 0.648. The first-order chi connectivity index (χ1) is 5.33. The zero-order chi connectivity index (χ0) is 8.10. The lowest BCUT2D eigenvalue weighted by Crippen LogP contribution is -1.92. The van der Waals surface area contributed by atoms with E-state index in [2.05, 4.69) is 5.10 Å². The molecule has 1 aromatic carbocycles. The predicted octanol–water partition coefficient (Wildman–Crippen LogP) is 0.673. The Labute approximate surface area is 63.9 Å². The Morgan fingerprint density at radius 1 is 1.55 bits per heavy atom. The highest BCUT2D eigenvalue weighted by atomic mass is 16.5. The third kappa shape index (κ3) is 2.17. The van der Waals surface area contributed by atoms with Crippen LogP contribution in [0.3, 0.4) is 0 Å². The maximum atomic E-state index is 8.96. The summed E-state index contributed by atoms with van der Waals surface area (Å²) in [5, 5.41) is 12.1. The lowest BCUT2D eigenvalue weighted by Gasteiger charge is -1.97. The quantitative estimate of drug-likeness (QED) is 0.283. The molecule has 0 aromatic heterocycles. The van der Waals surface area contributed by atoms with E-state index in [1.54, 1.807) is 18.2 Å². The summed E-state index contributed by atoms with van der Waals surface area (Å²) < 4.78 is 4.86. The highest BCUT2D eigenvalue weighted by Gasteiger charge is 1.91. The van der Waals surface area contributed by atoms with Crippen molar-refractivity contribution in [1.82, 2.24) is 0 Å². The number of phenolic OH excluding ortho intramolecular Hbond substituents is 1. The summed E-state index contributed by atoms with van der Waals surface area (Å²) in [4.78, 5) is 0. The number of nitrogens with two attached hydrogens (primary N) is 1. The van der Waals surface area contributed by atoms with Crippen LogP contribution >= 0.6 is 0 Å². The standard InChI is InChI=1S/C7H8N2O2/c8-9-5-11-7-3-1-2-6(10)4-7/h1-5,10H,8H2/b9-5+. The van der Waals surface area contributed by atoms with Crippen molar-refractivity contribution >= 4 is 6.40 Å². The summed E-state index contributed by atoms with van der Waals surface area (Å²) >= 11 is 0. The molecule has 0 unspecified atom stereocenters. The van der Waals surface area contributed by atoms with Gasteiger partial charge in [0.05, 0.1) is 0 Å². The molecule has 0 radical (unpaired) electrons. The Bertz CT molecular complexity index is 260. The van der Waals surface area contributed by atoms with Gasteiger partial charge in [-0.1, -0.05) is 6.07 Å². The molecule has 0 atom stereocenters. The number of benzene rings is 1. The van der Waals surface area contributed by atoms with Crippen LogP contribution in [0.25, 0.3) is 0 Å². The molecule has 4 heteroatoms. The minimum atomic E-state index is 0.146. The van der Waals surface area contributed by atoms with Gasteiger partial charge >= 0.3 is 0 Å². The van der Waals surface area contributed by atoms with E-state index >= 15 is 0 Å². The second-order valence-corrected chi connectivity index (χ2v) is 1.87. The molecule has 0 heterocycles. The third-order valence-corrected chi connectivity index (χ3v) is 1.07. The highest BCUT2D eigenvalue weighted by Crippen LogP contribution is 2.16. The van der Waals surface area contributed by atoms with Gasteiger partial charge < -0.3 is 15.7 Å². The first-order valence-corrected chi connectivity index (χ1v) is 3.00. The van der Waals surface area contributed by atoms with Crippen molar-refractivity contribution in [2.75, 3.05) is 0 Å². The molecule has 0 saturated carbocycles. The Morgan fingerprint density at radius 3 is 3.00 bits per heavy atom. The van der Waals surface area contributed by atoms with Crippen LogP contribution in [0.4, 0.5) is 0 Å². The van der Waals surface area contributed by atoms with Crippen LogP contribution in [-0.4, -0.2) is 11.5 Å². The number of hydrogen-bond acceptors (Lipinski definition) is 4. The van der Waals surface area contributed by atoms with E-state index in [0.717, 1.165) is 6.40 Å². The Kier molecular flexibility index (Phi) is 2.32. The summed E-state index contributed by atoms with van der Waals surface area (Å²) in [6.07, 6.45) is 1.09. The van der Waals surface area contributed by atoms with E-state index in [-0.39, 0.29) is 5.75 Å². The minimum absolute atomic E-state index is 0.146. The van der Waals surface area contributed by atoms with Crippen LogP contribution < -0.4 is 10.6 Å². The van der Waals surface area contributed by atoms with Gasteiger partial charge in [0, 0.05) is 6.07 Å². The molecule has 1 rings (SSSR count). The van der Waals surface area contributed by atoms with Crippen molar-refractivity contribution in [2.45, 2.75) is 0 Å². The van der Waals surface area contributed by atoms with Crippen molar-refractivity contribution in [1.29, 1.82) is 0 Å². The third-order valence-electron chi connectivity index (χ3n) is 1.07. The normalized spacial score (nSPS) is 10.2. The first kappa shape index (κ1) is 7.40. The SMILES string of the molecule is N/N=C/Oc1cccc(O)c1. The van der Waals surface area contributed by atoms with Gasteiger partial charge in [-0.05, 0) is 12.1 Å². The Morgan fingerprint density at radius 2 is 2.36 bits per heavy atom. The molecular weight excluding hydrogens is 144 g/mol. The fraction of sp³-hybridized carbons (Fsp3) is 0. The van der Waals surface area contributed by atoms with Crippen molar-refractivity contribution in [3.05, 3.63) is 24.3 Å². The van der Waals surface area contributed by atoms with Gasteiger partial charge in [0.15, 0.2) is 6.40 Å². The molecule has 4 nitrogen and oxygen atoms in total. The van der Waals surface area contributed by atoms with E-state index in [1.807, 2.05) is 0 Å². The van der Waals surface area contributed by atoms with E-state index in [4.69, 9.17) is 15.7 Å². The van der Waals surface area contributed by atoms with Crippen LogP contribution in [0.2, 0.25) is 0 Å². The minimum Gasteiger partial charge on any atom is -0.508 e. The average Bonchev–Trinajstić information content (AvgIpc) is 2.01. The zero-order valence-electron chi connectivity index (χ0n) is 5.77. The van der Waals surface area contributed by atoms with Crippen LogP contribution in [0.15, 0.2) is 29.4 Å². The number of hydrazone groups is 1. The predicted molar refractivity (Wildman–Crippen MR) is 41.4 cm³/mol. The number of aromatic hydroxyl groups is 1. The molecule has 0 saturated heterocycles. The number of ether oxygens (including phenoxy) is 1. The van der Waals surface area contributed by atoms with E-state index in [1.165, 1.54) is 6.07 Å². The maximum absolute atomic E-state index is 8.96. The second kappa shape index (κ2) is 3.46. The van der Waals surface area contributed by atoms with Gasteiger partial charge in [-0.15, -0.1) is 0 Å². The molecule has 0 aliphatic rings. The lowest BCUT2D eigenvalue weighted by atomic mass is 10.3. The fourth-order valence-corrected chi connectivity index (χ4v) is 0.648. The first-order valence-electron chi connectivity index (χ1n) is 3.00. The molecule has 0 bridgehead atoms. The molecule has 0 aliphatic carbocycles. The lowest BCUT2D eigenvalue weighted by molar-refractivity contribution is 0.469. The summed E-state index contributed by atoms with van der Waals surface area (Å²) in [6, 6.07) is 6.35. The molecule has 58 valence electrons. The number of phenols is 1. The highest BCUT2D eigenvalue weighted by molar-refractivity contribution is 5.52. The maximum Gasteiger partial charge on any atom is 0.198 e. The summed E-state index contributed by atoms with van der Waals surface area (Å²) in [7, 11) is 0. The molecule has 0 spiro atoms. The summed E-state index contributed by atoms with van der Waals surface area (Å²) in [6.45, 7) is 0. The molecular formula is C7H8N2O2. The average molecular weight is 152 g/mol. The van der Waals surface area contributed by atoms with E-state index in [9.17, 15) is 0 Å². The number of nitrogens with zero attached hydrogens (tertiary/aromatic N) is 1. The smallest absolute Gasteiger partial charge is 0.198 e. The molecule has 1 aromatic rings. The van der Waals surface area contributed by atoms with Crippen LogP contribution in [0, 0.1) is 0 Å². The molecule has 11 heavy (non-hydrogen) atoms. The molecule has 3 N–H and O–H groups in total. The van der Waals surface area contributed by atoms with E-state index < -0.39 is 0 Å². The largest absolute Gasteiger partial charge is 0.508 e. The van der Waals surface area contributed by atoms with Gasteiger partial charge in [-0.2, -0.15) is 5.10 Å². The van der Waals surface area contributed by atoms with Crippen LogP contribution in [0.5, 0.6) is 11.5 Å². The van der Waals surface area contributed by atoms with Crippen molar-refractivity contribution in [3.63, 3.8) is 0 Å². The van der Waals surface area contributed by atoms with Crippen molar-refractivity contribution in [2.24, 2.45) is 10.9 Å². The Hall–Kier alpha value is -1.71. The van der Waals surface area contributed by atoms with Gasteiger partial charge in [0.25, 0.3) is 0 Å². The summed E-state index contributed by atoms with van der Waals surface area (Å²) in [5.74, 6) is 5.44. The second-order valence-electron chi connectivity index (χ2n) is 1.87. The zero-order valence-corrected chi connectivity index (χ0v) is 5.77. The number of hydrogen-bond donors (Lipinski definition) is 2. The van der Waals surface area contributed by atoms with Gasteiger partial charge in [0.2, 0.25) is 0 Å². The van der Waals surface area contributed by atoms with Gasteiger partial charge in [-0.3, -0.25) is 0 Å². The van der Waals surface area contributed by atoms with Gasteiger partial charge in [0.1, 0.15) is 11.5 Å². The Balaban J connectivity index is 2.71. The van der Waals surface area contributed by atoms with Crippen molar-refractivity contribution < 1.29 is 9.84 Å². The number of rotatable bonds is 2. The van der Waals surface area contributed by atoms with Crippen LogP contribution in [-0.2, 0) is 0 Å². The van der Waals surface area contributed by atoms with E-state index in [0.29, 0.717) is 5.75 Å². The summed E-state index contributed by atoms with van der Waals surface area (Å²) in [5.41, 5.74) is 0. The molecule has 0 aliphatic heterocycles. The topological polar surface area (TPSA) is 67.8 Å². The molecule has 0 fully saturated rings. The van der Waals surface area contributed by atoms with Crippen molar-refractivity contribution in [3.8, 4) is 11.5 Å².